The molecule has 0 bridgehead atoms. The number of allylic oxidation sites excluding steroid dienone is 1. The number of rotatable bonds is 6. The van der Waals surface area contributed by atoms with Crippen LogP contribution in [-0.4, -0.2) is 17.4 Å². The third-order valence-electron chi connectivity index (χ3n) is 2.44. The average molecular weight is 229 g/mol. The van der Waals surface area contributed by atoms with Gasteiger partial charge >= 0.3 is 0 Å². The van der Waals surface area contributed by atoms with E-state index in [1.54, 1.807) is 12.2 Å². The Hall–Kier alpha value is -1.83. The molecule has 1 rings (SSSR count). The van der Waals surface area contributed by atoms with Gasteiger partial charge in [0.1, 0.15) is 0 Å². The Morgan fingerprint density at radius 1 is 1.35 bits per heavy atom. The number of benzene rings is 1. The third-order valence-corrected chi connectivity index (χ3v) is 2.44. The molecule has 0 aliphatic heterocycles. The lowest BCUT2D eigenvalue weighted by Gasteiger charge is -2.20. The summed E-state index contributed by atoms with van der Waals surface area (Å²) in [7, 11) is 0. The number of hydrogen-bond donors (Lipinski definition) is 0. The van der Waals surface area contributed by atoms with Gasteiger partial charge in [-0.15, -0.1) is 6.58 Å². The van der Waals surface area contributed by atoms with Crippen molar-refractivity contribution in [3.63, 3.8) is 0 Å². The number of carbonyl (C=O) groups excluding carboxylic acids is 1. The number of carbonyl (C=O) groups is 1. The summed E-state index contributed by atoms with van der Waals surface area (Å²) < 4.78 is 0. The first-order chi connectivity index (χ1) is 8.27. The minimum absolute atomic E-state index is 0.0539. The Morgan fingerprint density at radius 2 is 2.06 bits per heavy atom. The van der Waals surface area contributed by atoms with E-state index in [4.69, 9.17) is 0 Å². The van der Waals surface area contributed by atoms with Crippen LogP contribution in [0.1, 0.15) is 18.9 Å². The molecule has 90 valence electrons. The molecule has 0 radical (unpaired) electrons. The van der Waals surface area contributed by atoms with Crippen LogP contribution in [0.25, 0.3) is 0 Å². The van der Waals surface area contributed by atoms with Gasteiger partial charge in [-0.3, -0.25) is 4.79 Å². The highest BCUT2D eigenvalue weighted by molar-refractivity contribution is 5.87. The van der Waals surface area contributed by atoms with Crippen LogP contribution in [0.4, 0.5) is 0 Å². The van der Waals surface area contributed by atoms with Gasteiger partial charge in [-0.1, -0.05) is 42.5 Å². The second-order valence-corrected chi connectivity index (χ2v) is 3.82. The average Bonchev–Trinajstić information content (AvgIpc) is 2.36. The van der Waals surface area contributed by atoms with E-state index in [0.717, 1.165) is 12.0 Å². The van der Waals surface area contributed by atoms with Gasteiger partial charge in [0.15, 0.2) is 0 Å². The molecule has 0 aliphatic rings. The van der Waals surface area contributed by atoms with Crippen molar-refractivity contribution >= 4 is 5.91 Å². The molecule has 0 aliphatic carbocycles. The standard InChI is InChI=1S/C15H19NO/c1-3-5-12-16(15(17)9-4-2)13-14-10-7-6-8-11-14/h3-4,6-11H,1,5,12-13H2,2H3. The van der Waals surface area contributed by atoms with Crippen molar-refractivity contribution in [2.75, 3.05) is 6.54 Å². The third kappa shape index (κ3) is 4.68. The molecule has 0 heterocycles. The molecule has 0 saturated carbocycles. The van der Waals surface area contributed by atoms with Crippen LogP contribution < -0.4 is 0 Å². The van der Waals surface area contributed by atoms with Crippen molar-refractivity contribution in [2.24, 2.45) is 0 Å². The molecule has 1 amide bonds. The van der Waals surface area contributed by atoms with Crippen LogP contribution in [0.15, 0.2) is 55.1 Å². The number of hydrogen-bond acceptors (Lipinski definition) is 1. The first-order valence-corrected chi connectivity index (χ1v) is 5.84. The molecular weight excluding hydrogens is 210 g/mol. The lowest BCUT2D eigenvalue weighted by atomic mass is 10.2. The van der Waals surface area contributed by atoms with Gasteiger partial charge in [-0.25, -0.2) is 0 Å². The first-order valence-electron chi connectivity index (χ1n) is 5.84. The van der Waals surface area contributed by atoms with E-state index in [9.17, 15) is 4.79 Å². The molecule has 0 saturated heterocycles. The molecule has 0 unspecified atom stereocenters. The van der Waals surface area contributed by atoms with Gasteiger partial charge in [0, 0.05) is 13.1 Å². The number of amides is 1. The minimum atomic E-state index is 0.0539. The Balaban J connectivity index is 2.69. The Kier molecular flexibility index (Phi) is 5.80. The van der Waals surface area contributed by atoms with Gasteiger partial charge < -0.3 is 4.90 Å². The van der Waals surface area contributed by atoms with Gasteiger partial charge in [-0.2, -0.15) is 0 Å². The molecular formula is C15H19NO. The molecule has 17 heavy (non-hydrogen) atoms. The van der Waals surface area contributed by atoms with Gasteiger partial charge in [0.05, 0.1) is 0 Å². The molecule has 1 aromatic rings. The monoisotopic (exact) mass is 229 g/mol. The maximum atomic E-state index is 11.9. The Labute approximate surface area is 103 Å². The van der Waals surface area contributed by atoms with Crippen molar-refractivity contribution in [3.05, 3.63) is 60.7 Å². The fraction of sp³-hybridized carbons (Fsp3) is 0.267. The van der Waals surface area contributed by atoms with Crippen LogP contribution in [0, 0.1) is 0 Å². The SMILES string of the molecule is C=CCCN(Cc1ccccc1)C(=O)C=CC. The summed E-state index contributed by atoms with van der Waals surface area (Å²) in [5.74, 6) is 0.0539. The Morgan fingerprint density at radius 3 is 2.65 bits per heavy atom. The summed E-state index contributed by atoms with van der Waals surface area (Å²) in [4.78, 5) is 13.7. The van der Waals surface area contributed by atoms with E-state index in [0.29, 0.717) is 13.1 Å². The van der Waals surface area contributed by atoms with Crippen molar-refractivity contribution in [1.82, 2.24) is 4.90 Å². The molecule has 0 fully saturated rings. The predicted molar refractivity (Wildman–Crippen MR) is 71.5 cm³/mol. The maximum absolute atomic E-state index is 11.9. The van der Waals surface area contributed by atoms with Gasteiger partial charge in [0.2, 0.25) is 5.91 Å². The quantitative estimate of drug-likeness (QED) is 0.542. The zero-order valence-corrected chi connectivity index (χ0v) is 10.3. The first kappa shape index (κ1) is 13.2. The summed E-state index contributed by atoms with van der Waals surface area (Å²) in [5.41, 5.74) is 1.15. The number of nitrogens with zero attached hydrogens (tertiary/aromatic N) is 1. The zero-order chi connectivity index (χ0) is 12.5. The summed E-state index contributed by atoms with van der Waals surface area (Å²) in [6.07, 6.45) is 6.03. The highest BCUT2D eigenvalue weighted by Crippen LogP contribution is 2.06. The normalized spacial score (nSPS) is 10.4. The molecule has 0 atom stereocenters. The van der Waals surface area contributed by atoms with Crippen molar-refractivity contribution < 1.29 is 4.79 Å². The van der Waals surface area contributed by atoms with Crippen molar-refractivity contribution in [1.29, 1.82) is 0 Å². The lowest BCUT2D eigenvalue weighted by molar-refractivity contribution is -0.126. The van der Waals surface area contributed by atoms with Crippen molar-refractivity contribution in [3.8, 4) is 0 Å². The van der Waals surface area contributed by atoms with E-state index >= 15 is 0 Å². The zero-order valence-electron chi connectivity index (χ0n) is 10.3. The van der Waals surface area contributed by atoms with E-state index in [1.807, 2.05) is 48.2 Å². The maximum Gasteiger partial charge on any atom is 0.246 e. The Bertz CT molecular complexity index is 381. The van der Waals surface area contributed by atoms with E-state index in [2.05, 4.69) is 6.58 Å². The topological polar surface area (TPSA) is 20.3 Å². The van der Waals surface area contributed by atoms with Crippen LogP contribution in [0.5, 0.6) is 0 Å². The van der Waals surface area contributed by atoms with Gasteiger partial charge in [-0.05, 0) is 25.0 Å². The lowest BCUT2D eigenvalue weighted by Crippen LogP contribution is -2.29. The fourth-order valence-corrected chi connectivity index (χ4v) is 1.57. The van der Waals surface area contributed by atoms with Crippen LogP contribution in [0.2, 0.25) is 0 Å². The van der Waals surface area contributed by atoms with E-state index in [1.165, 1.54) is 0 Å². The molecule has 1 aromatic carbocycles. The summed E-state index contributed by atoms with van der Waals surface area (Å²) in [6, 6.07) is 10.0. The highest BCUT2D eigenvalue weighted by atomic mass is 16.2. The largest absolute Gasteiger partial charge is 0.335 e. The molecule has 2 nitrogen and oxygen atoms in total. The van der Waals surface area contributed by atoms with Crippen LogP contribution >= 0.6 is 0 Å². The second-order valence-electron chi connectivity index (χ2n) is 3.82. The molecule has 0 spiro atoms. The van der Waals surface area contributed by atoms with E-state index < -0.39 is 0 Å². The molecule has 0 N–H and O–H groups in total. The fourth-order valence-electron chi connectivity index (χ4n) is 1.57. The van der Waals surface area contributed by atoms with Crippen LogP contribution in [-0.2, 0) is 11.3 Å². The van der Waals surface area contributed by atoms with Gasteiger partial charge in [0.25, 0.3) is 0 Å². The van der Waals surface area contributed by atoms with Crippen molar-refractivity contribution in [2.45, 2.75) is 19.9 Å². The molecule has 0 aromatic heterocycles. The summed E-state index contributed by atoms with van der Waals surface area (Å²) in [5, 5.41) is 0. The summed E-state index contributed by atoms with van der Waals surface area (Å²) >= 11 is 0. The smallest absolute Gasteiger partial charge is 0.246 e. The van der Waals surface area contributed by atoms with Crippen LogP contribution in [0.3, 0.4) is 0 Å². The summed E-state index contributed by atoms with van der Waals surface area (Å²) in [6.45, 7) is 6.90. The van der Waals surface area contributed by atoms with E-state index in [-0.39, 0.29) is 5.91 Å². The highest BCUT2D eigenvalue weighted by Gasteiger charge is 2.09. The predicted octanol–water partition coefficient (Wildman–Crippen LogP) is 3.17. The molecule has 2 heteroatoms. The minimum Gasteiger partial charge on any atom is -0.335 e. The second kappa shape index (κ2) is 7.44.